The summed E-state index contributed by atoms with van der Waals surface area (Å²) in [5, 5.41) is 33.9. The van der Waals surface area contributed by atoms with Crippen LogP contribution in [0.2, 0.25) is 0 Å². The molecule has 1 amide bonds. The summed E-state index contributed by atoms with van der Waals surface area (Å²) < 4.78 is 52.5. The van der Waals surface area contributed by atoms with E-state index in [4.69, 9.17) is 27.8 Å². The first-order valence-corrected chi connectivity index (χ1v) is 23.7. The van der Waals surface area contributed by atoms with E-state index in [0.717, 1.165) is 4.90 Å². The fourth-order valence-corrected chi connectivity index (χ4v) is 9.98. The van der Waals surface area contributed by atoms with Gasteiger partial charge >= 0.3 is 5.97 Å². The van der Waals surface area contributed by atoms with Gasteiger partial charge in [0, 0.05) is 58.4 Å². The second-order valence-corrected chi connectivity index (χ2v) is 19.5. The molecule has 0 unspecified atom stereocenters. The van der Waals surface area contributed by atoms with Gasteiger partial charge in [0.05, 0.1) is 28.5 Å². The molecule has 0 radical (unpaired) electrons. The van der Waals surface area contributed by atoms with Crippen molar-refractivity contribution in [3.05, 3.63) is 47.6 Å². The van der Waals surface area contributed by atoms with Crippen LogP contribution < -0.4 is 0 Å². The minimum atomic E-state index is -2.80. The van der Waals surface area contributed by atoms with Gasteiger partial charge in [-0.25, -0.2) is 4.79 Å². The van der Waals surface area contributed by atoms with E-state index in [2.05, 4.69) is 0 Å². The maximum absolute atomic E-state index is 14.4. The molecule has 2 saturated heterocycles. The summed E-state index contributed by atoms with van der Waals surface area (Å²) in [6.07, 6.45) is 8.32. The molecule has 3 heterocycles. The molecule has 1 aliphatic carbocycles. The van der Waals surface area contributed by atoms with E-state index in [0.29, 0.717) is 62.5 Å². The Morgan fingerprint density at radius 2 is 1.63 bits per heavy atom. The quantitative estimate of drug-likeness (QED) is 0.155. The van der Waals surface area contributed by atoms with Crippen molar-refractivity contribution in [2.45, 2.75) is 180 Å². The van der Waals surface area contributed by atoms with Crippen molar-refractivity contribution < 1.29 is 67.1 Å². The second-order valence-electron chi connectivity index (χ2n) is 19.5. The monoisotopic (exact) mass is 917 g/mol. The lowest BCUT2D eigenvalue weighted by Gasteiger charge is -2.42. The molecule has 0 aromatic heterocycles. The number of amides is 1. The number of methoxy groups -OCH3 is 3. The Morgan fingerprint density at radius 1 is 0.892 bits per heavy atom. The van der Waals surface area contributed by atoms with Gasteiger partial charge in [0.1, 0.15) is 30.1 Å². The molecule has 14 nitrogen and oxygen atoms in total. The van der Waals surface area contributed by atoms with Gasteiger partial charge in [-0.3, -0.25) is 19.2 Å². The Bertz CT molecular complexity index is 1870. The third-order valence-corrected chi connectivity index (χ3v) is 14.3. The number of nitrogens with zero attached hydrogens (tertiary/aromatic N) is 1. The first-order valence-electron chi connectivity index (χ1n) is 25.2. The molecule has 3 N–H and O–H groups in total. The highest BCUT2D eigenvalue weighted by Gasteiger charge is 2.53. The zero-order chi connectivity index (χ0) is 50.7. The van der Waals surface area contributed by atoms with Crippen LogP contribution >= 0.6 is 0 Å². The zero-order valence-electron chi connectivity index (χ0n) is 43.1. The molecule has 3 fully saturated rings. The molecule has 15 atom stereocenters. The number of piperidine rings is 1. The Labute approximate surface area is 391 Å². The van der Waals surface area contributed by atoms with Crippen molar-refractivity contribution in [1.82, 2.24) is 4.90 Å². The largest absolute Gasteiger partial charge is 0.460 e. The molecule has 14 heteroatoms. The first-order chi connectivity index (χ1) is 31.9. The molecule has 2 bridgehead atoms. The summed E-state index contributed by atoms with van der Waals surface area (Å²) in [7, 11) is 0.102. The third-order valence-electron chi connectivity index (χ3n) is 14.3. The van der Waals surface area contributed by atoms with Gasteiger partial charge in [-0.2, -0.15) is 0 Å². The van der Waals surface area contributed by atoms with E-state index in [1.807, 2.05) is 19.9 Å². The molecular weight excluding hydrogens is 835 g/mol. The number of Topliss-reactive ketones (excluding diaryl/α,β-unsaturated/α-hetero) is 3. The van der Waals surface area contributed by atoms with Crippen LogP contribution in [0, 0.1) is 35.5 Å². The van der Waals surface area contributed by atoms with Crippen molar-refractivity contribution in [3.63, 3.8) is 0 Å². The number of carbonyl (C=O) groups is 5. The van der Waals surface area contributed by atoms with Gasteiger partial charge in [-0.05, 0) is 107 Å². The van der Waals surface area contributed by atoms with E-state index >= 15 is 0 Å². The van der Waals surface area contributed by atoms with Gasteiger partial charge in [-0.1, -0.05) is 71.1 Å². The Morgan fingerprint density at radius 3 is 2.32 bits per heavy atom. The highest BCUT2D eigenvalue weighted by Crippen LogP contribution is 2.38. The number of ketones is 3. The number of hydrogen-bond donors (Lipinski definition) is 3. The normalized spacial score (nSPS) is 38.7. The summed E-state index contributed by atoms with van der Waals surface area (Å²) in [4.78, 5) is 71.9. The second kappa shape index (κ2) is 25.1. The maximum Gasteiger partial charge on any atom is 0.329 e. The van der Waals surface area contributed by atoms with Crippen LogP contribution in [0.5, 0.6) is 0 Å². The molecule has 4 aliphatic rings. The highest BCUT2D eigenvalue weighted by molar-refractivity contribution is 6.39. The van der Waals surface area contributed by atoms with Crippen LogP contribution in [0.15, 0.2) is 47.6 Å². The highest BCUT2D eigenvalue weighted by atomic mass is 16.6. The summed E-state index contributed by atoms with van der Waals surface area (Å²) >= 11 is 0. The molecule has 4 rings (SSSR count). The van der Waals surface area contributed by atoms with Crippen LogP contribution in [-0.2, 0) is 47.7 Å². The number of carbonyl (C=O) groups excluding carboxylic acids is 5. The predicted molar refractivity (Wildman–Crippen MR) is 245 cm³/mol. The van der Waals surface area contributed by atoms with Crippen LogP contribution in [0.3, 0.4) is 0 Å². The Hall–Kier alpha value is -3.37. The summed E-state index contributed by atoms with van der Waals surface area (Å²) in [6, 6.07) is -1.21. The molecule has 0 aromatic rings. The van der Waals surface area contributed by atoms with Crippen molar-refractivity contribution in [3.8, 4) is 0 Å². The number of cyclic esters (lactones) is 1. The van der Waals surface area contributed by atoms with Gasteiger partial charge in [0.2, 0.25) is 5.79 Å². The molecule has 366 valence electrons. The standard InChI is InChI=1S/C51H79NO13/c1-30-16-12-11-13-17-31(2)42(61-8)28-38-21-19-36(7)51(60,65-38)48(57)49(58)52-23-15-14-18-39(52)50(59)64-43(33(4)26-37-20-22-40(53)44(27-37)62-9)29-41(54)32(3)25-35(6)46(56)47(63-10)45(55)34(5)24-30/h11-13,16-17,25,30,32-34,36-40,42-44,46-47,53,56,60H,14-15,18-24,26-29H2,1-10H3/t30-,32-,33-,34-,36-,37+,38+,39+,40-,42+,43+,44-,46-,47+,51-/m1/s1/i8D3. The number of fused-ring (bicyclic) bond motifs is 3. The average Bonchev–Trinajstić information content (AvgIpc) is 3.28. The lowest BCUT2D eigenvalue weighted by Crippen LogP contribution is -2.61. The molecule has 1 saturated carbocycles. The molecule has 0 spiro atoms. The average molecular weight is 917 g/mol. The number of hydrogen-bond acceptors (Lipinski definition) is 13. The van der Waals surface area contributed by atoms with Gasteiger partial charge in [0.25, 0.3) is 11.7 Å². The Kier molecular flexibility index (Phi) is 19.1. The van der Waals surface area contributed by atoms with Gasteiger partial charge < -0.3 is 43.9 Å². The number of rotatable bonds is 6. The molecule has 0 aromatic carbocycles. The van der Waals surface area contributed by atoms with Gasteiger partial charge in [0.15, 0.2) is 5.78 Å². The van der Waals surface area contributed by atoms with Crippen LogP contribution in [0.1, 0.15) is 130 Å². The number of esters is 1. The fraction of sp³-hybridized carbons (Fsp3) is 0.745. The smallest absolute Gasteiger partial charge is 0.329 e. The van der Waals surface area contributed by atoms with Crippen molar-refractivity contribution in [1.29, 1.82) is 0 Å². The van der Waals surface area contributed by atoms with E-state index in [1.54, 1.807) is 72.1 Å². The van der Waals surface area contributed by atoms with Crippen molar-refractivity contribution in [2.24, 2.45) is 35.5 Å². The zero-order valence-corrected chi connectivity index (χ0v) is 40.1. The van der Waals surface area contributed by atoms with Crippen molar-refractivity contribution >= 4 is 29.2 Å². The number of aliphatic hydroxyl groups is 3. The van der Waals surface area contributed by atoms with Crippen LogP contribution in [-0.4, -0.2) is 132 Å². The van der Waals surface area contributed by atoms with E-state index in [-0.39, 0.29) is 67.7 Å². The Balaban J connectivity index is 1.73. The van der Waals surface area contributed by atoms with E-state index < -0.39 is 90.9 Å². The SMILES string of the molecule is [2H]C([2H])([2H])O[C@H]1C[C@@H]2CC[C@@H](C)[C@@](O)(O2)C(=O)C(=O)N2CCCC[C@H]2C(=O)O[C@H]([C@H](C)C[C@@H]2CC[C@@H](O)[C@H](OC)C2)CC(=O)[C@H](C)C=C(C)[C@@H](O)[C@@H](OC)C(=O)[C@H](C)C[C@H](C)C=CC=CC=C1C. The lowest BCUT2D eigenvalue weighted by atomic mass is 9.78. The third kappa shape index (κ3) is 14.3. The fourth-order valence-electron chi connectivity index (χ4n) is 9.98. The van der Waals surface area contributed by atoms with E-state index in [9.17, 15) is 39.3 Å². The minimum Gasteiger partial charge on any atom is -0.460 e. The van der Waals surface area contributed by atoms with Crippen molar-refractivity contribution in [2.75, 3.05) is 27.8 Å². The summed E-state index contributed by atoms with van der Waals surface area (Å²) in [6.45, 7) is 12.2. The van der Waals surface area contributed by atoms with Crippen LogP contribution in [0.25, 0.3) is 0 Å². The predicted octanol–water partition coefficient (Wildman–Crippen LogP) is 6.18. The number of ether oxygens (including phenoxy) is 5. The lowest BCUT2D eigenvalue weighted by molar-refractivity contribution is -0.265. The molecular formula is C51H79NO13. The van der Waals surface area contributed by atoms with Gasteiger partial charge in [-0.15, -0.1) is 0 Å². The summed E-state index contributed by atoms with van der Waals surface area (Å²) in [5.41, 5.74) is 0.882. The molecule has 3 aliphatic heterocycles. The van der Waals surface area contributed by atoms with Crippen LogP contribution in [0.4, 0.5) is 0 Å². The van der Waals surface area contributed by atoms with E-state index in [1.165, 1.54) is 7.11 Å². The first kappa shape index (κ1) is 49.5. The topological polar surface area (TPSA) is 195 Å². The minimum absolute atomic E-state index is 0.0213. The number of aliphatic hydroxyl groups excluding tert-OH is 2. The summed E-state index contributed by atoms with van der Waals surface area (Å²) in [5.74, 6) is -8.82. The molecule has 65 heavy (non-hydrogen) atoms. The maximum atomic E-state index is 14.4. The number of allylic oxidation sites excluding steroid dienone is 6.